The van der Waals surface area contributed by atoms with E-state index in [4.69, 9.17) is 11.6 Å². The van der Waals surface area contributed by atoms with Crippen LogP contribution < -0.4 is 0 Å². The Hall–Kier alpha value is -0.860. The molecule has 1 fully saturated rings. The van der Waals surface area contributed by atoms with Crippen molar-refractivity contribution in [3.8, 4) is 0 Å². The van der Waals surface area contributed by atoms with Crippen molar-refractivity contribution in [2.24, 2.45) is 11.8 Å². The molecular formula is C16H22ClNO. The van der Waals surface area contributed by atoms with Crippen molar-refractivity contribution < 1.29 is 4.79 Å². The number of hydrogen-bond acceptors (Lipinski definition) is 2. The van der Waals surface area contributed by atoms with Crippen LogP contribution in [0.1, 0.15) is 37.6 Å². The molecule has 1 saturated heterocycles. The first-order valence-corrected chi connectivity index (χ1v) is 7.40. The van der Waals surface area contributed by atoms with E-state index in [1.165, 1.54) is 6.42 Å². The van der Waals surface area contributed by atoms with Crippen LogP contribution in [0.5, 0.6) is 0 Å². The predicted octanol–water partition coefficient (Wildman–Crippen LogP) is 3.89. The maximum absolute atomic E-state index is 12.4. The summed E-state index contributed by atoms with van der Waals surface area (Å²) >= 11 is 5.86. The smallest absolute Gasteiger partial charge is 0.179 e. The third kappa shape index (κ3) is 3.37. The second-order valence-electron chi connectivity index (χ2n) is 5.83. The van der Waals surface area contributed by atoms with Crippen LogP contribution in [0.3, 0.4) is 0 Å². The third-order valence-corrected chi connectivity index (χ3v) is 4.51. The molecule has 1 aliphatic heterocycles. The SMILES string of the molecule is CC(C)C1CCN(C(C)C(=O)c2ccc(Cl)cc2)C1. The molecule has 1 aliphatic rings. The van der Waals surface area contributed by atoms with Gasteiger partial charge in [0.05, 0.1) is 6.04 Å². The normalized spacial score (nSPS) is 21.8. The van der Waals surface area contributed by atoms with Crippen LogP contribution in [0.15, 0.2) is 24.3 Å². The van der Waals surface area contributed by atoms with E-state index in [0.717, 1.165) is 24.6 Å². The Morgan fingerprint density at radius 2 is 1.89 bits per heavy atom. The number of benzene rings is 1. The minimum absolute atomic E-state index is 0.0371. The summed E-state index contributed by atoms with van der Waals surface area (Å²) in [5.41, 5.74) is 0.755. The van der Waals surface area contributed by atoms with E-state index in [-0.39, 0.29) is 11.8 Å². The largest absolute Gasteiger partial charge is 0.293 e. The molecular weight excluding hydrogens is 258 g/mol. The zero-order valence-electron chi connectivity index (χ0n) is 11.9. The van der Waals surface area contributed by atoms with Crippen molar-refractivity contribution in [3.63, 3.8) is 0 Å². The molecule has 0 aliphatic carbocycles. The monoisotopic (exact) mass is 279 g/mol. The van der Waals surface area contributed by atoms with E-state index < -0.39 is 0 Å². The van der Waals surface area contributed by atoms with Crippen molar-refractivity contribution in [1.29, 1.82) is 0 Å². The molecule has 1 heterocycles. The highest BCUT2D eigenvalue weighted by Gasteiger charge is 2.31. The molecule has 1 aromatic rings. The van der Waals surface area contributed by atoms with Crippen molar-refractivity contribution >= 4 is 17.4 Å². The number of rotatable bonds is 4. The summed E-state index contributed by atoms with van der Waals surface area (Å²) in [6, 6.07) is 7.16. The fourth-order valence-electron chi connectivity index (χ4n) is 2.73. The zero-order valence-corrected chi connectivity index (χ0v) is 12.7. The quantitative estimate of drug-likeness (QED) is 0.780. The first-order valence-electron chi connectivity index (χ1n) is 7.03. The molecule has 0 radical (unpaired) electrons. The van der Waals surface area contributed by atoms with Gasteiger partial charge >= 0.3 is 0 Å². The van der Waals surface area contributed by atoms with E-state index in [2.05, 4.69) is 18.7 Å². The number of carbonyl (C=O) groups is 1. The molecule has 2 atom stereocenters. The summed E-state index contributed by atoms with van der Waals surface area (Å²) in [5, 5.41) is 0.672. The van der Waals surface area contributed by atoms with Crippen LogP contribution >= 0.6 is 11.6 Å². The van der Waals surface area contributed by atoms with Gasteiger partial charge in [0.2, 0.25) is 0 Å². The van der Waals surface area contributed by atoms with Gasteiger partial charge in [-0.2, -0.15) is 0 Å². The summed E-state index contributed by atoms with van der Waals surface area (Å²) in [7, 11) is 0. The Morgan fingerprint density at radius 1 is 1.26 bits per heavy atom. The summed E-state index contributed by atoms with van der Waals surface area (Å²) < 4.78 is 0. The van der Waals surface area contributed by atoms with Gasteiger partial charge in [-0.15, -0.1) is 0 Å². The maximum Gasteiger partial charge on any atom is 0.179 e. The Labute approximate surface area is 120 Å². The molecule has 2 nitrogen and oxygen atoms in total. The van der Waals surface area contributed by atoms with Crippen molar-refractivity contribution in [2.45, 2.75) is 33.2 Å². The topological polar surface area (TPSA) is 20.3 Å². The van der Waals surface area contributed by atoms with Gasteiger partial charge in [0.1, 0.15) is 0 Å². The Bertz CT molecular complexity index is 441. The number of ketones is 1. The molecule has 2 unspecified atom stereocenters. The summed E-state index contributed by atoms with van der Waals surface area (Å²) in [4.78, 5) is 14.7. The maximum atomic E-state index is 12.4. The lowest BCUT2D eigenvalue weighted by Crippen LogP contribution is -2.37. The molecule has 104 valence electrons. The van der Waals surface area contributed by atoms with Crippen LogP contribution in [0.2, 0.25) is 5.02 Å². The molecule has 0 amide bonds. The molecule has 0 saturated carbocycles. The van der Waals surface area contributed by atoms with Crippen LogP contribution in [0, 0.1) is 11.8 Å². The average molecular weight is 280 g/mol. The van der Waals surface area contributed by atoms with Gasteiger partial charge in [-0.1, -0.05) is 25.4 Å². The highest BCUT2D eigenvalue weighted by atomic mass is 35.5. The number of Topliss-reactive ketones (excluding diaryl/α,β-unsaturated/α-hetero) is 1. The fourth-order valence-corrected chi connectivity index (χ4v) is 2.86. The van der Waals surface area contributed by atoms with Crippen LogP contribution in [0.4, 0.5) is 0 Å². The number of carbonyl (C=O) groups excluding carboxylic acids is 1. The number of likely N-dealkylation sites (tertiary alicyclic amines) is 1. The molecule has 0 bridgehead atoms. The molecule has 2 rings (SSSR count). The predicted molar refractivity (Wildman–Crippen MR) is 79.8 cm³/mol. The third-order valence-electron chi connectivity index (χ3n) is 4.25. The first-order chi connectivity index (χ1) is 8.99. The second kappa shape index (κ2) is 6.06. The zero-order chi connectivity index (χ0) is 14.0. The number of hydrogen-bond donors (Lipinski definition) is 0. The molecule has 1 aromatic carbocycles. The lowest BCUT2D eigenvalue weighted by Gasteiger charge is -2.24. The van der Waals surface area contributed by atoms with Gasteiger partial charge in [-0.3, -0.25) is 9.69 Å². The average Bonchev–Trinajstić information content (AvgIpc) is 2.87. The van der Waals surface area contributed by atoms with Gasteiger partial charge in [0, 0.05) is 17.1 Å². The van der Waals surface area contributed by atoms with Gasteiger partial charge in [-0.05, 0) is 56.0 Å². The second-order valence-corrected chi connectivity index (χ2v) is 6.27. The van der Waals surface area contributed by atoms with E-state index in [1.54, 1.807) is 12.1 Å². The molecule has 0 spiro atoms. The van der Waals surface area contributed by atoms with E-state index in [9.17, 15) is 4.79 Å². The summed E-state index contributed by atoms with van der Waals surface area (Å²) in [5.74, 6) is 1.62. The molecule has 19 heavy (non-hydrogen) atoms. The Morgan fingerprint density at radius 3 is 2.42 bits per heavy atom. The molecule has 0 aromatic heterocycles. The van der Waals surface area contributed by atoms with Crippen LogP contribution in [0.25, 0.3) is 0 Å². The van der Waals surface area contributed by atoms with E-state index in [1.807, 2.05) is 19.1 Å². The minimum atomic E-state index is -0.0371. The summed E-state index contributed by atoms with van der Waals surface area (Å²) in [6.07, 6.45) is 1.20. The van der Waals surface area contributed by atoms with Gasteiger partial charge in [0.15, 0.2) is 5.78 Å². The van der Waals surface area contributed by atoms with Crippen molar-refractivity contribution in [2.75, 3.05) is 13.1 Å². The van der Waals surface area contributed by atoms with E-state index in [0.29, 0.717) is 10.9 Å². The lowest BCUT2D eigenvalue weighted by molar-refractivity contribution is 0.0860. The number of nitrogens with zero attached hydrogens (tertiary/aromatic N) is 1. The number of halogens is 1. The van der Waals surface area contributed by atoms with Crippen LogP contribution in [-0.4, -0.2) is 29.8 Å². The minimum Gasteiger partial charge on any atom is -0.293 e. The van der Waals surface area contributed by atoms with Crippen molar-refractivity contribution in [1.82, 2.24) is 4.90 Å². The van der Waals surface area contributed by atoms with Crippen LogP contribution in [-0.2, 0) is 0 Å². The highest BCUT2D eigenvalue weighted by Crippen LogP contribution is 2.26. The highest BCUT2D eigenvalue weighted by molar-refractivity contribution is 6.30. The fraction of sp³-hybridized carbons (Fsp3) is 0.562. The standard InChI is InChI=1S/C16H22ClNO/c1-11(2)14-8-9-18(10-14)12(3)16(19)13-4-6-15(17)7-5-13/h4-7,11-12,14H,8-10H2,1-3H3. The molecule has 3 heteroatoms. The van der Waals surface area contributed by atoms with Gasteiger partial charge in [-0.25, -0.2) is 0 Å². The van der Waals surface area contributed by atoms with Crippen molar-refractivity contribution in [3.05, 3.63) is 34.9 Å². The summed E-state index contributed by atoms with van der Waals surface area (Å²) in [6.45, 7) is 8.61. The lowest BCUT2D eigenvalue weighted by atomic mass is 9.95. The van der Waals surface area contributed by atoms with Gasteiger partial charge in [0.25, 0.3) is 0 Å². The van der Waals surface area contributed by atoms with Gasteiger partial charge < -0.3 is 0 Å². The van der Waals surface area contributed by atoms with E-state index >= 15 is 0 Å². The Balaban J connectivity index is 2.02. The molecule has 0 N–H and O–H groups in total. The first kappa shape index (κ1) is 14.5. The Kier molecular flexibility index (Phi) is 4.64.